The summed E-state index contributed by atoms with van der Waals surface area (Å²) in [6.07, 6.45) is 1.45. The zero-order chi connectivity index (χ0) is 15.0. The minimum Gasteiger partial charge on any atom is -0.481 e. The summed E-state index contributed by atoms with van der Waals surface area (Å²) >= 11 is 0. The second kappa shape index (κ2) is 8.56. The molecule has 0 saturated carbocycles. The van der Waals surface area contributed by atoms with Gasteiger partial charge >= 0.3 is 5.97 Å². The molecule has 118 valence electrons. The van der Waals surface area contributed by atoms with Crippen LogP contribution in [0.15, 0.2) is 0 Å². The summed E-state index contributed by atoms with van der Waals surface area (Å²) < 4.78 is 15.7. The van der Waals surface area contributed by atoms with Crippen molar-refractivity contribution < 1.29 is 24.1 Å². The third-order valence-electron chi connectivity index (χ3n) is 3.90. The van der Waals surface area contributed by atoms with Crippen molar-refractivity contribution in [1.29, 1.82) is 0 Å². The number of methoxy groups -OCH3 is 2. The van der Waals surface area contributed by atoms with Crippen molar-refractivity contribution in [3.63, 3.8) is 0 Å². The number of carboxylic acids is 1. The predicted octanol–water partition coefficient (Wildman–Crippen LogP) is 0.851. The van der Waals surface area contributed by atoms with Gasteiger partial charge in [-0.15, -0.1) is 0 Å². The molecule has 1 rings (SSSR count). The standard InChI is InChI=1S/C14H27NO5/c1-12(9-19-3)15(6-8-18-2)10-14(13(16)17)5-4-7-20-11-14/h12H,4-11H2,1-3H3,(H,16,17). The van der Waals surface area contributed by atoms with E-state index in [4.69, 9.17) is 14.2 Å². The molecule has 1 heterocycles. The molecule has 0 aliphatic carbocycles. The predicted molar refractivity (Wildman–Crippen MR) is 74.9 cm³/mol. The molecule has 0 aromatic heterocycles. The van der Waals surface area contributed by atoms with E-state index in [1.807, 2.05) is 6.92 Å². The summed E-state index contributed by atoms with van der Waals surface area (Å²) in [7, 11) is 3.30. The third kappa shape index (κ3) is 4.70. The van der Waals surface area contributed by atoms with Gasteiger partial charge in [-0.2, -0.15) is 0 Å². The fourth-order valence-electron chi connectivity index (χ4n) is 2.61. The molecule has 6 heteroatoms. The number of nitrogens with zero attached hydrogens (tertiary/aromatic N) is 1. The highest BCUT2D eigenvalue weighted by Gasteiger charge is 2.42. The Bertz CT molecular complexity index is 291. The Morgan fingerprint density at radius 1 is 1.45 bits per heavy atom. The molecule has 1 aliphatic heterocycles. The number of aliphatic carboxylic acids is 1. The molecule has 2 atom stereocenters. The molecule has 1 saturated heterocycles. The SMILES string of the molecule is COCCN(CC1(C(=O)O)CCCOC1)C(C)COC. The monoisotopic (exact) mass is 289 g/mol. The van der Waals surface area contributed by atoms with Crippen LogP contribution >= 0.6 is 0 Å². The summed E-state index contributed by atoms with van der Waals surface area (Å²) in [4.78, 5) is 13.8. The molecular formula is C14H27NO5. The normalized spacial score (nSPS) is 24.8. The number of carbonyl (C=O) groups is 1. The maximum absolute atomic E-state index is 11.7. The van der Waals surface area contributed by atoms with Gasteiger partial charge in [0.05, 0.1) is 19.8 Å². The molecule has 0 aromatic carbocycles. The minimum absolute atomic E-state index is 0.147. The molecule has 0 aromatic rings. The van der Waals surface area contributed by atoms with Crippen LogP contribution in [0.1, 0.15) is 19.8 Å². The van der Waals surface area contributed by atoms with Gasteiger partial charge in [-0.3, -0.25) is 9.69 Å². The number of carboxylic acid groups (broad SMARTS) is 1. The van der Waals surface area contributed by atoms with E-state index in [1.165, 1.54) is 0 Å². The summed E-state index contributed by atoms with van der Waals surface area (Å²) in [6, 6.07) is 0.147. The van der Waals surface area contributed by atoms with Crippen LogP contribution in [-0.2, 0) is 19.0 Å². The molecule has 1 aliphatic rings. The van der Waals surface area contributed by atoms with E-state index >= 15 is 0 Å². The van der Waals surface area contributed by atoms with Crippen molar-refractivity contribution in [1.82, 2.24) is 4.90 Å². The van der Waals surface area contributed by atoms with E-state index in [1.54, 1.807) is 14.2 Å². The third-order valence-corrected chi connectivity index (χ3v) is 3.90. The van der Waals surface area contributed by atoms with Crippen molar-refractivity contribution >= 4 is 5.97 Å². The van der Waals surface area contributed by atoms with Crippen molar-refractivity contribution in [2.75, 3.05) is 53.7 Å². The fourth-order valence-corrected chi connectivity index (χ4v) is 2.61. The zero-order valence-corrected chi connectivity index (χ0v) is 12.8. The Morgan fingerprint density at radius 2 is 2.20 bits per heavy atom. The highest BCUT2D eigenvalue weighted by molar-refractivity contribution is 5.75. The lowest BCUT2D eigenvalue weighted by Crippen LogP contribution is -2.52. The van der Waals surface area contributed by atoms with Gasteiger partial charge in [0, 0.05) is 40.0 Å². The molecule has 0 bridgehead atoms. The summed E-state index contributed by atoms with van der Waals surface area (Å²) in [6.45, 7) is 5.28. The van der Waals surface area contributed by atoms with E-state index in [-0.39, 0.29) is 12.6 Å². The maximum Gasteiger partial charge on any atom is 0.313 e. The van der Waals surface area contributed by atoms with Crippen molar-refractivity contribution in [2.45, 2.75) is 25.8 Å². The Labute approximate surface area is 121 Å². The summed E-state index contributed by atoms with van der Waals surface area (Å²) in [5.41, 5.74) is -0.812. The highest BCUT2D eigenvalue weighted by atomic mass is 16.5. The smallest absolute Gasteiger partial charge is 0.313 e. The summed E-state index contributed by atoms with van der Waals surface area (Å²) in [5, 5.41) is 9.61. The van der Waals surface area contributed by atoms with E-state index in [9.17, 15) is 9.90 Å². The molecule has 2 unspecified atom stereocenters. The first kappa shape index (κ1) is 17.4. The number of rotatable bonds is 9. The first-order valence-corrected chi connectivity index (χ1v) is 7.09. The molecule has 6 nitrogen and oxygen atoms in total. The van der Waals surface area contributed by atoms with Crippen LogP contribution in [-0.4, -0.2) is 75.8 Å². The average molecular weight is 289 g/mol. The molecule has 20 heavy (non-hydrogen) atoms. The van der Waals surface area contributed by atoms with Crippen molar-refractivity contribution in [3.8, 4) is 0 Å². The molecule has 0 spiro atoms. The van der Waals surface area contributed by atoms with Gasteiger partial charge in [0.2, 0.25) is 0 Å². The molecule has 0 amide bonds. The zero-order valence-electron chi connectivity index (χ0n) is 12.8. The Morgan fingerprint density at radius 3 is 2.70 bits per heavy atom. The van der Waals surface area contributed by atoms with Crippen LogP contribution in [0.4, 0.5) is 0 Å². The van der Waals surface area contributed by atoms with Crippen LogP contribution in [0.3, 0.4) is 0 Å². The van der Waals surface area contributed by atoms with Gasteiger partial charge in [-0.25, -0.2) is 0 Å². The average Bonchev–Trinajstić information content (AvgIpc) is 2.44. The first-order chi connectivity index (χ1) is 9.55. The van der Waals surface area contributed by atoms with Crippen LogP contribution < -0.4 is 0 Å². The van der Waals surface area contributed by atoms with Gasteiger partial charge in [0.1, 0.15) is 5.41 Å². The first-order valence-electron chi connectivity index (χ1n) is 7.09. The van der Waals surface area contributed by atoms with Gasteiger partial charge in [-0.05, 0) is 19.8 Å². The molecule has 1 fully saturated rings. The van der Waals surface area contributed by atoms with Gasteiger partial charge in [-0.1, -0.05) is 0 Å². The van der Waals surface area contributed by atoms with Crippen molar-refractivity contribution in [2.24, 2.45) is 5.41 Å². The Hall–Kier alpha value is -0.690. The Balaban J connectivity index is 2.75. The van der Waals surface area contributed by atoms with Crippen LogP contribution in [0.2, 0.25) is 0 Å². The summed E-state index contributed by atoms with van der Waals surface area (Å²) in [5.74, 6) is -0.774. The molecular weight excluding hydrogens is 262 g/mol. The lowest BCUT2D eigenvalue weighted by atomic mass is 9.81. The van der Waals surface area contributed by atoms with E-state index < -0.39 is 11.4 Å². The van der Waals surface area contributed by atoms with E-state index in [2.05, 4.69) is 4.90 Å². The number of ether oxygens (including phenoxy) is 3. The van der Waals surface area contributed by atoms with Crippen LogP contribution in [0.5, 0.6) is 0 Å². The van der Waals surface area contributed by atoms with Crippen LogP contribution in [0.25, 0.3) is 0 Å². The topological polar surface area (TPSA) is 68.2 Å². The quantitative estimate of drug-likeness (QED) is 0.679. The highest BCUT2D eigenvalue weighted by Crippen LogP contribution is 2.30. The lowest BCUT2D eigenvalue weighted by Gasteiger charge is -2.39. The van der Waals surface area contributed by atoms with Crippen LogP contribution in [0, 0.1) is 5.41 Å². The maximum atomic E-state index is 11.7. The second-order valence-electron chi connectivity index (χ2n) is 5.51. The van der Waals surface area contributed by atoms with E-state index in [0.29, 0.717) is 39.3 Å². The van der Waals surface area contributed by atoms with Gasteiger partial charge in [0.25, 0.3) is 0 Å². The lowest BCUT2D eigenvalue weighted by molar-refractivity contribution is -0.160. The largest absolute Gasteiger partial charge is 0.481 e. The molecule has 0 radical (unpaired) electrons. The fraction of sp³-hybridized carbons (Fsp3) is 0.929. The number of hydrogen-bond acceptors (Lipinski definition) is 5. The molecule has 1 N–H and O–H groups in total. The van der Waals surface area contributed by atoms with E-state index in [0.717, 1.165) is 6.42 Å². The number of hydrogen-bond donors (Lipinski definition) is 1. The van der Waals surface area contributed by atoms with Gasteiger partial charge < -0.3 is 19.3 Å². The Kier molecular flexibility index (Phi) is 7.43. The second-order valence-corrected chi connectivity index (χ2v) is 5.51. The minimum atomic E-state index is -0.812. The van der Waals surface area contributed by atoms with Gasteiger partial charge in [0.15, 0.2) is 0 Å². The van der Waals surface area contributed by atoms with Crippen molar-refractivity contribution in [3.05, 3.63) is 0 Å².